The minimum absolute atomic E-state index is 0.0102. The van der Waals surface area contributed by atoms with Crippen LogP contribution in [0, 0.1) is 5.41 Å². The van der Waals surface area contributed by atoms with Crippen molar-refractivity contribution in [3.8, 4) is 5.75 Å². The van der Waals surface area contributed by atoms with E-state index >= 15 is 0 Å². The van der Waals surface area contributed by atoms with Crippen molar-refractivity contribution in [3.63, 3.8) is 0 Å². The Balaban J connectivity index is 1.48. The van der Waals surface area contributed by atoms with Crippen molar-refractivity contribution in [1.29, 1.82) is 0 Å². The summed E-state index contributed by atoms with van der Waals surface area (Å²) in [6.07, 6.45) is 0.575. The third-order valence-corrected chi connectivity index (χ3v) is 5.23. The van der Waals surface area contributed by atoms with Crippen LogP contribution in [-0.2, 0) is 4.79 Å². The van der Waals surface area contributed by atoms with Gasteiger partial charge in [-0.1, -0.05) is 20.8 Å². The molecule has 172 valence electrons. The summed E-state index contributed by atoms with van der Waals surface area (Å²) < 4.78 is 5.41. The molecule has 32 heavy (non-hydrogen) atoms. The average Bonchev–Trinajstić information content (AvgIpc) is 2.75. The summed E-state index contributed by atoms with van der Waals surface area (Å²) in [5.41, 5.74) is 2.51. The molecule has 0 atom stereocenters. The first-order valence-electron chi connectivity index (χ1n) is 11.2. The smallest absolute Gasteiger partial charge is 0.323 e. The monoisotopic (exact) mass is 438 g/mol. The molecule has 1 heterocycles. The van der Waals surface area contributed by atoms with Crippen LogP contribution in [0.3, 0.4) is 0 Å². The molecule has 0 unspecified atom stereocenters. The van der Waals surface area contributed by atoms with Gasteiger partial charge in [0, 0.05) is 49.7 Å². The maximum Gasteiger partial charge on any atom is 0.323 e. The normalized spacial score (nSPS) is 14.1. The first-order chi connectivity index (χ1) is 15.2. The minimum Gasteiger partial charge on any atom is -0.494 e. The number of urea groups is 1. The number of carbonyl (C=O) groups excluding carboxylic acids is 2. The summed E-state index contributed by atoms with van der Waals surface area (Å²) in [7, 11) is 0. The molecule has 0 bridgehead atoms. The second-order valence-corrected chi connectivity index (χ2v) is 9.19. The van der Waals surface area contributed by atoms with Crippen LogP contribution in [0.2, 0.25) is 0 Å². The molecule has 1 aliphatic rings. The van der Waals surface area contributed by atoms with Gasteiger partial charge in [0.2, 0.25) is 5.91 Å². The van der Waals surface area contributed by atoms with Crippen LogP contribution in [0.15, 0.2) is 48.5 Å². The van der Waals surface area contributed by atoms with Gasteiger partial charge in [0.25, 0.3) is 0 Å². The molecule has 2 aromatic rings. The highest BCUT2D eigenvalue weighted by atomic mass is 16.5. The Hall–Kier alpha value is -3.22. The molecule has 2 N–H and O–H groups in total. The standard InChI is InChI=1S/C25H34N4O3/c1-5-32-22-12-8-20(9-13-22)27-24(31)26-19-6-10-21(11-7-19)28-14-16-29(17-15-28)23(30)18-25(2,3)4/h6-13H,5,14-18H2,1-4H3,(H2,26,27,31). The van der Waals surface area contributed by atoms with Gasteiger partial charge in [0.05, 0.1) is 6.61 Å². The topological polar surface area (TPSA) is 73.9 Å². The van der Waals surface area contributed by atoms with Crippen LogP contribution >= 0.6 is 0 Å². The molecule has 1 saturated heterocycles. The average molecular weight is 439 g/mol. The molecule has 0 aromatic heterocycles. The second-order valence-electron chi connectivity index (χ2n) is 9.19. The minimum atomic E-state index is -0.298. The number of carbonyl (C=O) groups is 2. The zero-order chi connectivity index (χ0) is 23.1. The molecular weight excluding hydrogens is 404 g/mol. The van der Waals surface area contributed by atoms with E-state index in [9.17, 15) is 9.59 Å². The molecule has 7 heteroatoms. The number of nitrogens with zero attached hydrogens (tertiary/aromatic N) is 2. The lowest BCUT2D eigenvalue weighted by Crippen LogP contribution is -2.49. The van der Waals surface area contributed by atoms with Crippen molar-refractivity contribution >= 4 is 29.0 Å². The molecule has 3 rings (SSSR count). The second kappa shape index (κ2) is 10.4. The largest absolute Gasteiger partial charge is 0.494 e. The Morgan fingerprint density at radius 2 is 1.41 bits per heavy atom. The molecule has 0 spiro atoms. The van der Waals surface area contributed by atoms with Crippen LogP contribution in [0.4, 0.5) is 21.9 Å². The molecular formula is C25H34N4O3. The number of hydrogen-bond acceptors (Lipinski definition) is 4. The third-order valence-electron chi connectivity index (χ3n) is 5.23. The lowest BCUT2D eigenvalue weighted by molar-refractivity contribution is -0.133. The highest BCUT2D eigenvalue weighted by Crippen LogP contribution is 2.23. The fourth-order valence-corrected chi connectivity index (χ4v) is 3.63. The highest BCUT2D eigenvalue weighted by Gasteiger charge is 2.24. The molecule has 0 aliphatic carbocycles. The van der Waals surface area contributed by atoms with E-state index in [0.29, 0.717) is 18.7 Å². The van der Waals surface area contributed by atoms with Crippen LogP contribution in [0.25, 0.3) is 0 Å². The van der Waals surface area contributed by atoms with Gasteiger partial charge in [-0.3, -0.25) is 4.79 Å². The maximum atomic E-state index is 12.4. The van der Waals surface area contributed by atoms with Crippen LogP contribution in [-0.4, -0.2) is 49.6 Å². The number of piperazine rings is 1. The fraction of sp³-hybridized carbons (Fsp3) is 0.440. The van der Waals surface area contributed by atoms with Crippen molar-refractivity contribution in [2.75, 3.05) is 48.3 Å². The molecule has 1 aliphatic heterocycles. The number of rotatable bonds is 6. The number of hydrogen-bond donors (Lipinski definition) is 2. The number of amides is 3. The molecule has 1 fully saturated rings. The summed E-state index contributed by atoms with van der Waals surface area (Å²) in [5.74, 6) is 1.00. The molecule has 3 amide bonds. The first-order valence-corrected chi connectivity index (χ1v) is 11.2. The lowest BCUT2D eigenvalue weighted by atomic mass is 9.91. The van der Waals surface area contributed by atoms with Gasteiger partial charge in [0.1, 0.15) is 5.75 Å². The van der Waals surface area contributed by atoms with Crippen molar-refractivity contribution in [2.45, 2.75) is 34.1 Å². The van der Waals surface area contributed by atoms with Gasteiger partial charge in [0.15, 0.2) is 0 Å². The Kier molecular flexibility index (Phi) is 7.62. The van der Waals surface area contributed by atoms with E-state index in [1.54, 1.807) is 12.1 Å². The zero-order valence-electron chi connectivity index (χ0n) is 19.5. The summed E-state index contributed by atoms with van der Waals surface area (Å²) in [6, 6.07) is 14.7. The highest BCUT2D eigenvalue weighted by molar-refractivity contribution is 5.99. The molecule has 0 radical (unpaired) electrons. The van der Waals surface area contributed by atoms with E-state index in [1.807, 2.05) is 48.2 Å². The van der Waals surface area contributed by atoms with E-state index in [0.717, 1.165) is 43.3 Å². The number of anilines is 3. The molecule has 0 saturated carbocycles. The predicted octanol–water partition coefficient (Wildman–Crippen LogP) is 4.81. The van der Waals surface area contributed by atoms with Gasteiger partial charge in [-0.05, 0) is 60.9 Å². The summed E-state index contributed by atoms with van der Waals surface area (Å²) in [6.45, 7) is 11.9. The summed E-state index contributed by atoms with van der Waals surface area (Å²) >= 11 is 0. The van der Waals surface area contributed by atoms with E-state index in [1.165, 1.54) is 0 Å². The van der Waals surface area contributed by atoms with Gasteiger partial charge in [-0.25, -0.2) is 4.79 Å². The van der Waals surface area contributed by atoms with Crippen LogP contribution < -0.4 is 20.3 Å². The quantitative estimate of drug-likeness (QED) is 0.679. The predicted molar refractivity (Wildman–Crippen MR) is 130 cm³/mol. The summed E-state index contributed by atoms with van der Waals surface area (Å²) in [4.78, 5) is 28.9. The van der Waals surface area contributed by atoms with Gasteiger partial charge in [-0.15, -0.1) is 0 Å². The molecule has 2 aromatic carbocycles. The van der Waals surface area contributed by atoms with Crippen molar-refractivity contribution < 1.29 is 14.3 Å². The Labute approximate surface area is 190 Å². The van der Waals surface area contributed by atoms with E-state index in [2.05, 4.69) is 36.3 Å². The SMILES string of the molecule is CCOc1ccc(NC(=O)Nc2ccc(N3CCN(C(=O)CC(C)(C)C)CC3)cc2)cc1. The number of benzene rings is 2. The van der Waals surface area contributed by atoms with E-state index in [-0.39, 0.29) is 17.4 Å². The Bertz CT molecular complexity index is 896. The number of ether oxygens (including phenoxy) is 1. The van der Waals surface area contributed by atoms with Crippen molar-refractivity contribution in [2.24, 2.45) is 5.41 Å². The van der Waals surface area contributed by atoms with E-state index < -0.39 is 0 Å². The maximum absolute atomic E-state index is 12.4. The van der Waals surface area contributed by atoms with Gasteiger partial charge in [-0.2, -0.15) is 0 Å². The third kappa shape index (κ3) is 6.90. The van der Waals surface area contributed by atoms with Crippen molar-refractivity contribution in [1.82, 2.24) is 4.90 Å². The summed E-state index contributed by atoms with van der Waals surface area (Å²) in [5, 5.41) is 5.67. The lowest BCUT2D eigenvalue weighted by Gasteiger charge is -2.37. The van der Waals surface area contributed by atoms with Crippen molar-refractivity contribution in [3.05, 3.63) is 48.5 Å². The Morgan fingerprint density at radius 1 is 0.875 bits per heavy atom. The van der Waals surface area contributed by atoms with Gasteiger partial charge >= 0.3 is 6.03 Å². The van der Waals surface area contributed by atoms with Gasteiger partial charge < -0.3 is 25.2 Å². The van der Waals surface area contributed by atoms with Crippen LogP contribution in [0.5, 0.6) is 5.75 Å². The van der Waals surface area contributed by atoms with Crippen LogP contribution in [0.1, 0.15) is 34.1 Å². The Morgan fingerprint density at radius 3 is 1.91 bits per heavy atom. The number of nitrogens with one attached hydrogen (secondary N) is 2. The van der Waals surface area contributed by atoms with E-state index in [4.69, 9.17) is 4.74 Å². The zero-order valence-corrected chi connectivity index (χ0v) is 19.5. The first kappa shape index (κ1) is 23.4. The fourth-order valence-electron chi connectivity index (χ4n) is 3.63. The molecule has 7 nitrogen and oxygen atoms in total.